The van der Waals surface area contributed by atoms with Crippen molar-refractivity contribution in [3.8, 4) is 17.2 Å². The number of carbonyl (C=O) groups is 3. The number of methoxy groups -OCH3 is 3. The van der Waals surface area contributed by atoms with Crippen molar-refractivity contribution < 1.29 is 43.9 Å². The predicted molar refractivity (Wildman–Crippen MR) is 135 cm³/mol. The lowest BCUT2D eigenvalue weighted by molar-refractivity contribution is 0.0683. The van der Waals surface area contributed by atoms with E-state index in [2.05, 4.69) is 0 Å². The van der Waals surface area contributed by atoms with Gasteiger partial charge in [-0.05, 0) is 61.1 Å². The first-order valence-corrected chi connectivity index (χ1v) is 11.4. The van der Waals surface area contributed by atoms with Crippen LogP contribution in [0.25, 0.3) is 0 Å². The van der Waals surface area contributed by atoms with Crippen LogP contribution in [0.5, 0.6) is 17.2 Å². The molecule has 0 amide bonds. The largest absolute Gasteiger partial charge is 0.492 e. The molecule has 0 aliphatic heterocycles. The third-order valence-electron chi connectivity index (χ3n) is 6.12. The molecule has 0 aliphatic rings. The standard InChI is InChI=1S/C28H28O9/c1-35-23-20(14-8-16-4-10-18(11-5-16)26(29)30)22(28(33)34)21(24(36-2)25(23)37-3)15-9-17-6-12-19(13-7-17)27(31)32/h4-7,10-13H,8-9,14-15H2,1-3H3,(H,29,30)(H,31,32)(H,33,34). The molecular weight excluding hydrogens is 480 g/mol. The van der Waals surface area contributed by atoms with Crippen molar-refractivity contribution in [2.45, 2.75) is 25.7 Å². The van der Waals surface area contributed by atoms with Crippen LogP contribution in [0.1, 0.15) is 53.3 Å². The highest BCUT2D eigenvalue weighted by atomic mass is 16.5. The minimum absolute atomic E-state index is 0.0545. The topological polar surface area (TPSA) is 140 Å². The van der Waals surface area contributed by atoms with E-state index in [0.717, 1.165) is 11.1 Å². The SMILES string of the molecule is COc1c(CCc2ccc(C(=O)O)cc2)c(C(=O)O)c(CCc2ccc(C(=O)O)cc2)c(OC)c1OC. The number of aryl methyl sites for hydroxylation is 2. The first kappa shape index (κ1) is 27.1. The Morgan fingerprint density at radius 1 is 0.541 bits per heavy atom. The number of aromatic carboxylic acids is 3. The molecule has 0 aromatic heterocycles. The molecule has 0 radical (unpaired) electrons. The Kier molecular flexibility index (Phi) is 8.73. The summed E-state index contributed by atoms with van der Waals surface area (Å²) in [5, 5.41) is 28.5. The molecule has 0 atom stereocenters. The second kappa shape index (κ2) is 11.9. The third kappa shape index (κ3) is 6.00. The summed E-state index contributed by atoms with van der Waals surface area (Å²) in [6.07, 6.45) is 1.44. The monoisotopic (exact) mass is 508 g/mol. The van der Waals surface area contributed by atoms with Crippen LogP contribution in [0.15, 0.2) is 48.5 Å². The summed E-state index contributed by atoms with van der Waals surface area (Å²) in [5.74, 6) is -2.40. The Labute approximate surface area is 213 Å². The number of carboxylic acid groups (broad SMARTS) is 3. The van der Waals surface area contributed by atoms with Gasteiger partial charge in [0.05, 0.1) is 38.0 Å². The fourth-order valence-electron chi connectivity index (χ4n) is 4.31. The summed E-state index contributed by atoms with van der Waals surface area (Å²) in [7, 11) is 4.30. The maximum Gasteiger partial charge on any atom is 0.336 e. The Morgan fingerprint density at radius 3 is 1.16 bits per heavy atom. The van der Waals surface area contributed by atoms with Gasteiger partial charge in [0.1, 0.15) is 0 Å². The van der Waals surface area contributed by atoms with Gasteiger partial charge in [-0.2, -0.15) is 0 Å². The van der Waals surface area contributed by atoms with Crippen molar-refractivity contribution in [3.05, 3.63) is 87.5 Å². The van der Waals surface area contributed by atoms with Crippen LogP contribution in [0.3, 0.4) is 0 Å². The molecule has 3 N–H and O–H groups in total. The number of hydrogen-bond acceptors (Lipinski definition) is 6. The molecule has 9 heteroatoms. The van der Waals surface area contributed by atoms with E-state index in [1.165, 1.54) is 45.6 Å². The highest BCUT2D eigenvalue weighted by Crippen LogP contribution is 2.46. The molecule has 9 nitrogen and oxygen atoms in total. The Hall–Kier alpha value is -4.53. The second-order valence-electron chi connectivity index (χ2n) is 8.24. The summed E-state index contributed by atoms with van der Waals surface area (Å²) in [4.78, 5) is 34.8. The molecule has 37 heavy (non-hydrogen) atoms. The van der Waals surface area contributed by atoms with E-state index < -0.39 is 17.9 Å². The maximum absolute atomic E-state index is 12.6. The van der Waals surface area contributed by atoms with Gasteiger partial charge in [-0.25, -0.2) is 14.4 Å². The molecule has 0 unspecified atom stereocenters. The van der Waals surface area contributed by atoms with Crippen molar-refractivity contribution in [1.82, 2.24) is 0 Å². The zero-order valence-electron chi connectivity index (χ0n) is 20.7. The van der Waals surface area contributed by atoms with Crippen LogP contribution in [-0.2, 0) is 25.7 Å². The Bertz CT molecular complexity index is 1200. The van der Waals surface area contributed by atoms with Gasteiger partial charge in [-0.1, -0.05) is 24.3 Å². The molecule has 3 rings (SSSR count). The minimum atomic E-state index is -1.15. The third-order valence-corrected chi connectivity index (χ3v) is 6.12. The zero-order chi connectivity index (χ0) is 27.1. The smallest absolute Gasteiger partial charge is 0.336 e. The number of hydrogen-bond donors (Lipinski definition) is 3. The molecular formula is C28H28O9. The summed E-state index contributed by atoms with van der Waals surface area (Å²) < 4.78 is 16.8. The number of benzene rings is 3. The van der Waals surface area contributed by atoms with E-state index in [4.69, 9.17) is 24.4 Å². The molecule has 0 fully saturated rings. The fourth-order valence-corrected chi connectivity index (χ4v) is 4.31. The molecule has 194 valence electrons. The first-order valence-electron chi connectivity index (χ1n) is 11.4. The average Bonchev–Trinajstić information content (AvgIpc) is 2.89. The summed E-state index contributed by atoms with van der Waals surface area (Å²) in [6, 6.07) is 12.8. The van der Waals surface area contributed by atoms with E-state index >= 15 is 0 Å². The average molecular weight is 509 g/mol. The normalized spacial score (nSPS) is 10.6. The molecule has 3 aromatic rings. The van der Waals surface area contributed by atoms with Crippen molar-refractivity contribution >= 4 is 17.9 Å². The van der Waals surface area contributed by atoms with Gasteiger partial charge in [0.25, 0.3) is 0 Å². The minimum Gasteiger partial charge on any atom is -0.492 e. The second-order valence-corrected chi connectivity index (χ2v) is 8.24. The van der Waals surface area contributed by atoms with E-state index in [1.807, 2.05) is 0 Å². The van der Waals surface area contributed by atoms with Gasteiger partial charge >= 0.3 is 17.9 Å². The lowest BCUT2D eigenvalue weighted by Gasteiger charge is -2.22. The van der Waals surface area contributed by atoms with Crippen molar-refractivity contribution in [1.29, 1.82) is 0 Å². The maximum atomic E-state index is 12.6. The molecule has 0 heterocycles. The first-order chi connectivity index (χ1) is 17.7. The van der Waals surface area contributed by atoms with Gasteiger partial charge in [0.15, 0.2) is 11.5 Å². The molecule has 3 aromatic carbocycles. The number of ether oxygens (including phenoxy) is 3. The van der Waals surface area contributed by atoms with Crippen molar-refractivity contribution in [2.75, 3.05) is 21.3 Å². The van der Waals surface area contributed by atoms with E-state index in [9.17, 15) is 19.5 Å². The van der Waals surface area contributed by atoms with Crippen LogP contribution in [0.2, 0.25) is 0 Å². The van der Waals surface area contributed by atoms with Crippen LogP contribution < -0.4 is 14.2 Å². The number of carboxylic acids is 3. The zero-order valence-corrected chi connectivity index (χ0v) is 20.7. The Balaban J connectivity index is 2.04. The van der Waals surface area contributed by atoms with Crippen LogP contribution in [0.4, 0.5) is 0 Å². The van der Waals surface area contributed by atoms with E-state index in [-0.39, 0.29) is 46.8 Å². The van der Waals surface area contributed by atoms with E-state index in [1.54, 1.807) is 24.3 Å². The van der Waals surface area contributed by atoms with Gasteiger partial charge in [-0.3, -0.25) is 0 Å². The van der Waals surface area contributed by atoms with Gasteiger partial charge in [-0.15, -0.1) is 0 Å². The Morgan fingerprint density at radius 2 is 0.892 bits per heavy atom. The highest BCUT2D eigenvalue weighted by molar-refractivity contribution is 5.94. The fraction of sp³-hybridized carbons (Fsp3) is 0.250. The molecule has 0 saturated heterocycles. The van der Waals surface area contributed by atoms with Crippen LogP contribution in [-0.4, -0.2) is 54.6 Å². The van der Waals surface area contributed by atoms with Crippen molar-refractivity contribution in [3.63, 3.8) is 0 Å². The lowest BCUT2D eigenvalue weighted by atomic mass is 9.90. The summed E-state index contributed by atoms with van der Waals surface area (Å²) in [6.45, 7) is 0. The van der Waals surface area contributed by atoms with Gasteiger partial charge < -0.3 is 29.5 Å². The van der Waals surface area contributed by atoms with Crippen molar-refractivity contribution in [2.24, 2.45) is 0 Å². The summed E-state index contributed by atoms with van der Waals surface area (Å²) >= 11 is 0. The lowest BCUT2D eigenvalue weighted by Crippen LogP contribution is -2.14. The number of rotatable bonds is 12. The van der Waals surface area contributed by atoms with E-state index in [0.29, 0.717) is 24.0 Å². The van der Waals surface area contributed by atoms with Gasteiger partial charge in [0, 0.05) is 11.1 Å². The molecule has 0 aliphatic carbocycles. The summed E-state index contributed by atoms with van der Waals surface area (Å²) in [5.41, 5.74) is 2.92. The predicted octanol–water partition coefficient (Wildman–Crippen LogP) is 4.38. The molecule has 0 spiro atoms. The van der Waals surface area contributed by atoms with Crippen LogP contribution >= 0.6 is 0 Å². The molecule has 0 saturated carbocycles. The highest BCUT2D eigenvalue weighted by Gasteiger charge is 2.29. The quantitative estimate of drug-likeness (QED) is 0.325. The molecule has 0 bridgehead atoms. The van der Waals surface area contributed by atoms with Gasteiger partial charge in [0.2, 0.25) is 5.75 Å². The van der Waals surface area contributed by atoms with Crippen LogP contribution in [0, 0.1) is 0 Å².